The van der Waals surface area contributed by atoms with Gasteiger partial charge in [-0.15, -0.1) is 0 Å². The molecule has 16 heavy (non-hydrogen) atoms. The molecular formula is C11H17N3O2. The summed E-state index contributed by atoms with van der Waals surface area (Å²) in [7, 11) is 0. The van der Waals surface area contributed by atoms with Crippen LogP contribution in [0.2, 0.25) is 0 Å². The van der Waals surface area contributed by atoms with Crippen LogP contribution >= 0.6 is 0 Å². The molecule has 1 saturated carbocycles. The van der Waals surface area contributed by atoms with Gasteiger partial charge >= 0.3 is 0 Å². The Morgan fingerprint density at radius 3 is 2.62 bits per heavy atom. The first-order valence-electron chi connectivity index (χ1n) is 5.76. The van der Waals surface area contributed by atoms with Gasteiger partial charge in [-0.25, -0.2) is 0 Å². The molecule has 1 aliphatic carbocycles. The molecular weight excluding hydrogens is 206 g/mol. The van der Waals surface area contributed by atoms with Crippen LogP contribution < -0.4 is 5.32 Å². The zero-order chi connectivity index (χ0) is 11.6. The van der Waals surface area contributed by atoms with E-state index in [1.54, 1.807) is 0 Å². The zero-order valence-corrected chi connectivity index (χ0v) is 9.28. The number of rotatable bonds is 3. The molecule has 1 heterocycles. The average Bonchev–Trinajstić information content (AvgIpc) is 2.65. The second-order valence-electron chi connectivity index (χ2n) is 4.80. The van der Waals surface area contributed by atoms with E-state index in [0.717, 1.165) is 25.7 Å². The van der Waals surface area contributed by atoms with E-state index >= 15 is 0 Å². The van der Waals surface area contributed by atoms with Crippen LogP contribution in [0.15, 0.2) is 0 Å². The van der Waals surface area contributed by atoms with Gasteiger partial charge in [0.25, 0.3) is 0 Å². The maximum atomic E-state index is 11.7. The van der Waals surface area contributed by atoms with Crippen molar-refractivity contribution in [2.75, 3.05) is 19.6 Å². The number of carbonyl (C=O) groups is 1. The van der Waals surface area contributed by atoms with Gasteiger partial charge in [0.15, 0.2) is 0 Å². The summed E-state index contributed by atoms with van der Waals surface area (Å²) in [6, 6.07) is 2.23. The molecule has 2 fully saturated rings. The molecule has 0 aromatic heterocycles. The molecule has 2 rings (SSSR count). The van der Waals surface area contributed by atoms with Gasteiger partial charge in [-0.2, -0.15) is 5.26 Å². The highest BCUT2D eigenvalue weighted by Crippen LogP contribution is 2.28. The first-order chi connectivity index (χ1) is 7.63. The van der Waals surface area contributed by atoms with Gasteiger partial charge in [-0.05, 0) is 25.7 Å². The highest BCUT2D eigenvalue weighted by atomic mass is 16.3. The van der Waals surface area contributed by atoms with Gasteiger partial charge in [0.05, 0.1) is 18.7 Å². The molecule has 1 saturated heterocycles. The Kier molecular flexibility index (Phi) is 3.13. The third-order valence-corrected chi connectivity index (χ3v) is 3.35. The Labute approximate surface area is 95.0 Å². The molecule has 5 heteroatoms. The van der Waals surface area contributed by atoms with E-state index in [2.05, 4.69) is 11.4 Å². The fraction of sp³-hybridized carbons (Fsp3) is 0.818. The Morgan fingerprint density at radius 1 is 1.50 bits per heavy atom. The third kappa shape index (κ3) is 2.34. The van der Waals surface area contributed by atoms with E-state index in [1.165, 1.54) is 0 Å². The van der Waals surface area contributed by atoms with Gasteiger partial charge in [-0.1, -0.05) is 0 Å². The molecule has 0 aromatic carbocycles. The van der Waals surface area contributed by atoms with Crippen LogP contribution in [0.25, 0.3) is 0 Å². The summed E-state index contributed by atoms with van der Waals surface area (Å²) < 4.78 is 0. The predicted molar refractivity (Wildman–Crippen MR) is 57.4 cm³/mol. The number of likely N-dealkylation sites (tertiary alicyclic amines) is 1. The number of carbonyl (C=O) groups excluding carboxylic acids is 1. The molecule has 0 aromatic rings. The maximum Gasteiger partial charge on any atom is 0.235 e. The summed E-state index contributed by atoms with van der Waals surface area (Å²) in [4.78, 5) is 13.6. The second-order valence-corrected chi connectivity index (χ2v) is 4.80. The third-order valence-electron chi connectivity index (χ3n) is 3.35. The van der Waals surface area contributed by atoms with Gasteiger partial charge in [-0.3, -0.25) is 9.69 Å². The van der Waals surface area contributed by atoms with Crippen molar-refractivity contribution in [2.45, 2.75) is 37.3 Å². The minimum atomic E-state index is -0.624. The summed E-state index contributed by atoms with van der Waals surface area (Å²) in [6.07, 6.45) is 3.26. The summed E-state index contributed by atoms with van der Waals surface area (Å²) in [5.41, 5.74) is -0.624. The van der Waals surface area contributed by atoms with Crippen molar-refractivity contribution < 1.29 is 9.90 Å². The minimum absolute atomic E-state index is 0.102. The van der Waals surface area contributed by atoms with Gasteiger partial charge in [0.1, 0.15) is 5.54 Å². The van der Waals surface area contributed by atoms with Crippen molar-refractivity contribution in [1.82, 2.24) is 10.2 Å². The number of nitriles is 1. The first-order valence-corrected chi connectivity index (χ1v) is 5.76. The fourth-order valence-electron chi connectivity index (χ4n) is 2.42. The number of β-amino-alcohol motifs (C(OH)–C–C–N with tert-alkyl or cyclic N) is 1. The van der Waals surface area contributed by atoms with Gasteiger partial charge in [0.2, 0.25) is 5.91 Å². The minimum Gasteiger partial charge on any atom is -0.390 e. The van der Waals surface area contributed by atoms with Crippen LogP contribution in [0.4, 0.5) is 0 Å². The van der Waals surface area contributed by atoms with Crippen molar-refractivity contribution in [3.05, 3.63) is 0 Å². The molecule has 5 nitrogen and oxygen atoms in total. The SMILES string of the molecule is N#CC1(NC(=O)CN2CC(O)C2)CCCC1. The number of hydrogen-bond donors (Lipinski definition) is 2. The van der Waals surface area contributed by atoms with E-state index in [4.69, 9.17) is 10.4 Å². The topological polar surface area (TPSA) is 76.4 Å². The lowest BCUT2D eigenvalue weighted by atomic mass is 10.00. The first kappa shape index (κ1) is 11.4. The van der Waals surface area contributed by atoms with Crippen molar-refractivity contribution in [2.24, 2.45) is 0 Å². The van der Waals surface area contributed by atoms with Crippen LogP contribution in [0.1, 0.15) is 25.7 Å². The van der Waals surface area contributed by atoms with E-state index in [1.807, 2.05) is 4.90 Å². The highest BCUT2D eigenvalue weighted by Gasteiger charge is 2.36. The highest BCUT2D eigenvalue weighted by molar-refractivity contribution is 5.79. The van der Waals surface area contributed by atoms with Gasteiger partial charge in [0, 0.05) is 13.1 Å². The lowest BCUT2D eigenvalue weighted by molar-refractivity contribution is -0.126. The van der Waals surface area contributed by atoms with Crippen molar-refractivity contribution in [3.8, 4) is 6.07 Å². The molecule has 0 unspecified atom stereocenters. The van der Waals surface area contributed by atoms with Crippen LogP contribution in [-0.2, 0) is 4.79 Å². The number of nitrogens with one attached hydrogen (secondary N) is 1. The summed E-state index contributed by atoms with van der Waals surface area (Å²) in [5.74, 6) is -0.102. The molecule has 2 aliphatic rings. The van der Waals surface area contributed by atoms with Crippen molar-refractivity contribution in [3.63, 3.8) is 0 Å². The Bertz CT molecular complexity index is 312. The van der Waals surface area contributed by atoms with Crippen LogP contribution in [0.3, 0.4) is 0 Å². The quantitative estimate of drug-likeness (QED) is 0.683. The molecule has 0 bridgehead atoms. The number of aliphatic hydroxyl groups is 1. The molecule has 0 spiro atoms. The van der Waals surface area contributed by atoms with E-state index in [-0.39, 0.29) is 12.0 Å². The normalized spacial score (nSPS) is 24.8. The number of amides is 1. The predicted octanol–water partition coefficient (Wildman–Crippen LogP) is -0.385. The zero-order valence-electron chi connectivity index (χ0n) is 9.28. The number of aliphatic hydroxyl groups excluding tert-OH is 1. The van der Waals surface area contributed by atoms with Crippen LogP contribution in [0, 0.1) is 11.3 Å². The second kappa shape index (κ2) is 4.40. The molecule has 1 aliphatic heterocycles. The van der Waals surface area contributed by atoms with Crippen LogP contribution in [-0.4, -0.2) is 47.2 Å². The van der Waals surface area contributed by atoms with Gasteiger partial charge < -0.3 is 10.4 Å². The number of hydrogen-bond acceptors (Lipinski definition) is 4. The average molecular weight is 223 g/mol. The molecule has 1 amide bonds. The smallest absolute Gasteiger partial charge is 0.235 e. The van der Waals surface area contributed by atoms with E-state index in [0.29, 0.717) is 19.6 Å². The van der Waals surface area contributed by atoms with Crippen LogP contribution in [0.5, 0.6) is 0 Å². The lowest BCUT2D eigenvalue weighted by Gasteiger charge is -2.35. The molecule has 0 radical (unpaired) electrons. The Morgan fingerprint density at radius 2 is 2.12 bits per heavy atom. The lowest BCUT2D eigenvalue weighted by Crippen LogP contribution is -2.56. The van der Waals surface area contributed by atoms with E-state index in [9.17, 15) is 4.79 Å². The molecule has 2 N–H and O–H groups in total. The summed E-state index contributed by atoms with van der Waals surface area (Å²) in [5, 5.41) is 21.0. The largest absolute Gasteiger partial charge is 0.390 e. The standard InChI is InChI=1S/C11H17N3O2/c12-8-11(3-1-2-4-11)13-10(16)7-14-5-9(15)6-14/h9,15H,1-7H2,(H,13,16). The van der Waals surface area contributed by atoms with E-state index < -0.39 is 5.54 Å². The molecule has 88 valence electrons. The summed E-state index contributed by atoms with van der Waals surface area (Å²) in [6.45, 7) is 1.42. The summed E-state index contributed by atoms with van der Waals surface area (Å²) >= 11 is 0. The Balaban J connectivity index is 1.80. The Hall–Kier alpha value is -1.12. The number of nitrogens with zero attached hydrogens (tertiary/aromatic N) is 2. The fourth-order valence-corrected chi connectivity index (χ4v) is 2.42. The van der Waals surface area contributed by atoms with Crippen molar-refractivity contribution in [1.29, 1.82) is 5.26 Å². The molecule has 0 atom stereocenters. The van der Waals surface area contributed by atoms with Crippen molar-refractivity contribution >= 4 is 5.91 Å². The maximum absolute atomic E-state index is 11.7. The monoisotopic (exact) mass is 223 g/mol.